The lowest BCUT2D eigenvalue weighted by Gasteiger charge is -2.20. The standard InChI is InChI=1S/C9H8BrNO3/c1-13-8-5(10)2-3-6-9(8)14-4-7(12)11-6/h2-3H,4H2,1H3,(H,11,12). The minimum absolute atomic E-state index is 0.0276. The van der Waals surface area contributed by atoms with Gasteiger partial charge in [0.1, 0.15) is 0 Å². The topological polar surface area (TPSA) is 47.6 Å². The number of carbonyl (C=O) groups is 1. The largest absolute Gasteiger partial charge is 0.492 e. The summed E-state index contributed by atoms with van der Waals surface area (Å²) in [6, 6.07) is 3.56. The fraction of sp³-hybridized carbons (Fsp3) is 0.222. The van der Waals surface area contributed by atoms with Crippen LogP contribution >= 0.6 is 15.9 Å². The van der Waals surface area contributed by atoms with Crippen LogP contribution < -0.4 is 14.8 Å². The van der Waals surface area contributed by atoms with Gasteiger partial charge in [0.25, 0.3) is 5.91 Å². The first kappa shape index (κ1) is 9.33. The van der Waals surface area contributed by atoms with E-state index in [2.05, 4.69) is 21.2 Å². The van der Waals surface area contributed by atoms with Crippen LogP contribution in [0.25, 0.3) is 0 Å². The normalized spacial score (nSPS) is 14.0. The van der Waals surface area contributed by atoms with Gasteiger partial charge in [-0.1, -0.05) is 0 Å². The van der Waals surface area contributed by atoms with Crippen molar-refractivity contribution in [2.45, 2.75) is 0 Å². The van der Waals surface area contributed by atoms with E-state index in [1.54, 1.807) is 19.2 Å². The molecule has 0 aromatic heterocycles. The van der Waals surface area contributed by atoms with Gasteiger partial charge >= 0.3 is 0 Å². The predicted molar refractivity (Wildman–Crippen MR) is 54.8 cm³/mol. The SMILES string of the molecule is COc1c(Br)ccc2c1OCC(=O)N2. The zero-order valence-electron chi connectivity index (χ0n) is 7.46. The van der Waals surface area contributed by atoms with Crippen LogP contribution in [0.4, 0.5) is 5.69 Å². The summed E-state index contributed by atoms with van der Waals surface area (Å²) in [5, 5.41) is 2.70. The minimum Gasteiger partial charge on any atom is -0.492 e. The van der Waals surface area contributed by atoms with Crippen LogP contribution in [0, 0.1) is 0 Å². The molecule has 0 unspecified atom stereocenters. The summed E-state index contributed by atoms with van der Waals surface area (Å²) in [5.74, 6) is 1.02. The van der Waals surface area contributed by atoms with Crippen LogP contribution in [-0.2, 0) is 4.79 Å². The van der Waals surface area contributed by atoms with Crippen LogP contribution in [0.1, 0.15) is 0 Å². The molecule has 0 fully saturated rings. The van der Waals surface area contributed by atoms with Crippen molar-refractivity contribution in [3.8, 4) is 11.5 Å². The molecule has 74 valence electrons. The zero-order chi connectivity index (χ0) is 10.1. The van der Waals surface area contributed by atoms with Crippen LogP contribution in [-0.4, -0.2) is 19.6 Å². The van der Waals surface area contributed by atoms with E-state index in [1.807, 2.05) is 0 Å². The molecule has 1 aromatic rings. The summed E-state index contributed by atoms with van der Waals surface area (Å²) >= 11 is 3.33. The number of rotatable bonds is 1. The average Bonchev–Trinajstić information content (AvgIpc) is 2.18. The van der Waals surface area contributed by atoms with Crippen LogP contribution in [0.5, 0.6) is 11.5 Å². The van der Waals surface area contributed by atoms with Crippen molar-refractivity contribution in [1.82, 2.24) is 0 Å². The highest BCUT2D eigenvalue weighted by Crippen LogP contribution is 2.42. The lowest BCUT2D eigenvalue weighted by molar-refractivity contribution is -0.118. The Bertz CT molecular complexity index is 392. The van der Waals surface area contributed by atoms with E-state index in [-0.39, 0.29) is 12.5 Å². The molecular formula is C9H8BrNO3. The first-order chi connectivity index (χ1) is 6.72. The molecule has 1 heterocycles. The minimum atomic E-state index is -0.151. The summed E-state index contributed by atoms with van der Waals surface area (Å²) in [5.41, 5.74) is 0.640. The number of ether oxygens (including phenoxy) is 2. The van der Waals surface area contributed by atoms with E-state index in [9.17, 15) is 4.79 Å². The highest BCUT2D eigenvalue weighted by molar-refractivity contribution is 9.10. The van der Waals surface area contributed by atoms with Gasteiger partial charge in [0.15, 0.2) is 18.1 Å². The number of benzene rings is 1. The number of carbonyl (C=O) groups excluding carboxylic acids is 1. The number of nitrogens with one attached hydrogen (secondary N) is 1. The number of methoxy groups -OCH3 is 1. The van der Waals surface area contributed by atoms with E-state index < -0.39 is 0 Å². The van der Waals surface area contributed by atoms with E-state index in [0.717, 1.165) is 4.47 Å². The van der Waals surface area contributed by atoms with Gasteiger partial charge in [0.05, 0.1) is 17.3 Å². The number of hydrogen-bond acceptors (Lipinski definition) is 3. The monoisotopic (exact) mass is 257 g/mol. The molecule has 4 nitrogen and oxygen atoms in total. The van der Waals surface area contributed by atoms with Crippen molar-refractivity contribution in [2.24, 2.45) is 0 Å². The maximum absolute atomic E-state index is 11.0. The predicted octanol–water partition coefficient (Wildman–Crippen LogP) is 1.79. The van der Waals surface area contributed by atoms with Gasteiger partial charge in [-0.15, -0.1) is 0 Å². The maximum atomic E-state index is 11.0. The van der Waals surface area contributed by atoms with Crippen LogP contribution in [0.2, 0.25) is 0 Å². The number of halogens is 1. The van der Waals surface area contributed by atoms with Gasteiger partial charge in [-0.05, 0) is 28.1 Å². The Hall–Kier alpha value is -1.23. The second-order valence-electron chi connectivity index (χ2n) is 2.79. The molecule has 1 aromatic carbocycles. The third-order valence-corrected chi connectivity index (χ3v) is 2.51. The van der Waals surface area contributed by atoms with E-state index in [4.69, 9.17) is 9.47 Å². The van der Waals surface area contributed by atoms with Gasteiger partial charge in [-0.25, -0.2) is 0 Å². The third kappa shape index (κ3) is 1.43. The average molecular weight is 258 g/mol. The van der Waals surface area contributed by atoms with Gasteiger partial charge in [0.2, 0.25) is 0 Å². The van der Waals surface area contributed by atoms with Crippen molar-refractivity contribution in [3.05, 3.63) is 16.6 Å². The summed E-state index contributed by atoms with van der Waals surface area (Å²) in [7, 11) is 1.56. The Labute approximate surface area is 89.3 Å². The molecule has 0 atom stereocenters. The van der Waals surface area contributed by atoms with Crippen molar-refractivity contribution in [1.29, 1.82) is 0 Å². The Morgan fingerprint density at radius 3 is 3.07 bits per heavy atom. The Balaban J connectivity index is 2.52. The molecule has 1 amide bonds. The zero-order valence-corrected chi connectivity index (χ0v) is 9.05. The molecule has 0 spiro atoms. The maximum Gasteiger partial charge on any atom is 0.262 e. The van der Waals surface area contributed by atoms with Crippen LogP contribution in [0.15, 0.2) is 16.6 Å². The highest BCUT2D eigenvalue weighted by Gasteiger charge is 2.21. The fourth-order valence-electron chi connectivity index (χ4n) is 1.29. The fourth-order valence-corrected chi connectivity index (χ4v) is 1.77. The molecule has 0 aliphatic carbocycles. The quantitative estimate of drug-likeness (QED) is 0.835. The summed E-state index contributed by atoms with van der Waals surface area (Å²) in [6.45, 7) is 0.0276. The highest BCUT2D eigenvalue weighted by atomic mass is 79.9. The molecule has 1 aliphatic rings. The third-order valence-electron chi connectivity index (χ3n) is 1.89. The van der Waals surface area contributed by atoms with Gasteiger partial charge in [-0.3, -0.25) is 4.79 Å². The van der Waals surface area contributed by atoms with Gasteiger partial charge < -0.3 is 14.8 Å². The summed E-state index contributed by atoms with van der Waals surface area (Å²) < 4.78 is 11.2. The molecule has 14 heavy (non-hydrogen) atoms. The molecule has 5 heteroatoms. The Kier molecular flexibility index (Phi) is 2.33. The molecule has 0 saturated heterocycles. The van der Waals surface area contributed by atoms with Crippen molar-refractivity contribution in [2.75, 3.05) is 19.0 Å². The Morgan fingerprint density at radius 2 is 2.36 bits per heavy atom. The smallest absolute Gasteiger partial charge is 0.262 e. The molecule has 1 N–H and O–H groups in total. The first-order valence-electron chi connectivity index (χ1n) is 4.01. The molecule has 0 bridgehead atoms. The summed E-state index contributed by atoms with van der Waals surface area (Å²) in [6.07, 6.45) is 0. The molecule has 0 radical (unpaired) electrons. The van der Waals surface area contributed by atoms with Crippen LogP contribution in [0.3, 0.4) is 0 Å². The van der Waals surface area contributed by atoms with Gasteiger partial charge in [0, 0.05) is 0 Å². The molecule has 2 rings (SSSR count). The first-order valence-corrected chi connectivity index (χ1v) is 4.81. The lowest BCUT2D eigenvalue weighted by atomic mass is 10.2. The lowest BCUT2D eigenvalue weighted by Crippen LogP contribution is -2.25. The van der Waals surface area contributed by atoms with Crippen molar-refractivity contribution < 1.29 is 14.3 Å². The molecular weight excluding hydrogens is 250 g/mol. The molecule has 1 aliphatic heterocycles. The van der Waals surface area contributed by atoms with Crippen molar-refractivity contribution >= 4 is 27.5 Å². The van der Waals surface area contributed by atoms with Crippen molar-refractivity contribution in [3.63, 3.8) is 0 Å². The molecule has 0 saturated carbocycles. The number of fused-ring (bicyclic) bond motifs is 1. The van der Waals surface area contributed by atoms with E-state index in [1.165, 1.54) is 0 Å². The number of hydrogen-bond donors (Lipinski definition) is 1. The number of amides is 1. The Morgan fingerprint density at radius 1 is 1.57 bits per heavy atom. The number of anilines is 1. The second kappa shape index (κ2) is 3.49. The summed E-state index contributed by atoms with van der Waals surface area (Å²) in [4.78, 5) is 11.0. The van der Waals surface area contributed by atoms with E-state index >= 15 is 0 Å². The van der Waals surface area contributed by atoms with E-state index in [0.29, 0.717) is 17.2 Å². The van der Waals surface area contributed by atoms with Gasteiger partial charge in [-0.2, -0.15) is 0 Å². The second-order valence-corrected chi connectivity index (χ2v) is 3.65.